The number of hydrogen-bond donors (Lipinski definition) is 2. The van der Waals surface area contributed by atoms with Crippen molar-refractivity contribution < 1.29 is 22.4 Å². The number of nitrogens with zero attached hydrogens (tertiary/aromatic N) is 4. The number of halogens is 4. The van der Waals surface area contributed by atoms with Crippen molar-refractivity contribution >= 4 is 22.5 Å². The van der Waals surface area contributed by atoms with Gasteiger partial charge < -0.3 is 5.32 Å². The first kappa shape index (κ1) is 23.7. The number of carbonyl (C=O) groups is 1. The first-order chi connectivity index (χ1) is 17.7. The summed E-state index contributed by atoms with van der Waals surface area (Å²) < 4.78 is 56.0. The summed E-state index contributed by atoms with van der Waals surface area (Å²) in [4.78, 5) is 15.4. The lowest BCUT2D eigenvalue weighted by atomic mass is 10.0. The zero-order valence-corrected chi connectivity index (χ0v) is 18.8. The predicted molar refractivity (Wildman–Crippen MR) is 127 cm³/mol. The highest BCUT2D eigenvalue weighted by Crippen LogP contribution is 2.39. The van der Waals surface area contributed by atoms with Crippen molar-refractivity contribution in [3.05, 3.63) is 107 Å². The van der Waals surface area contributed by atoms with E-state index in [1.54, 1.807) is 30.5 Å². The number of amides is 1. The molecule has 3 aromatic carbocycles. The third-order valence-electron chi connectivity index (χ3n) is 5.78. The summed E-state index contributed by atoms with van der Waals surface area (Å²) in [5, 5.41) is 14.3. The van der Waals surface area contributed by atoms with Crippen LogP contribution in [-0.2, 0) is 12.7 Å². The molecule has 0 aliphatic carbocycles. The van der Waals surface area contributed by atoms with Gasteiger partial charge in [-0.3, -0.25) is 9.89 Å². The highest BCUT2D eigenvalue weighted by atomic mass is 19.4. The Balaban J connectivity index is 1.32. The number of H-pyrrole nitrogens is 1. The molecule has 2 heterocycles. The van der Waals surface area contributed by atoms with Gasteiger partial charge in [-0.05, 0) is 35.9 Å². The Hall–Kier alpha value is -4.98. The summed E-state index contributed by atoms with van der Waals surface area (Å²) in [6.45, 7) is 6.91. The number of aromatic amines is 1. The molecule has 0 atom stereocenters. The van der Waals surface area contributed by atoms with Crippen molar-refractivity contribution in [2.45, 2.75) is 12.7 Å². The average molecular weight is 504 g/mol. The van der Waals surface area contributed by atoms with E-state index in [1.165, 1.54) is 35.3 Å². The molecule has 0 aliphatic heterocycles. The van der Waals surface area contributed by atoms with Gasteiger partial charge in [0.15, 0.2) is 5.69 Å². The molecular weight excluding hydrogens is 488 g/mol. The molecule has 0 radical (unpaired) electrons. The van der Waals surface area contributed by atoms with Crippen molar-refractivity contribution in [1.82, 2.24) is 25.3 Å². The lowest BCUT2D eigenvalue weighted by molar-refractivity contribution is -0.136. The van der Waals surface area contributed by atoms with Crippen LogP contribution >= 0.6 is 0 Å². The minimum absolute atomic E-state index is 0.0493. The number of rotatable bonds is 5. The van der Waals surface area contributed by atoms with E-state index in [0.29, 0.717) is 16.8 Å². The number of carbonyl (C=O) groups excluding carboxylic acids is 1. The van der Waals surface area contributed by atoms with Crippen molar-refractivity contribution in [3.8, 4) is 16.8 Å². The second kappa shape index (κ2) is 9.23. The highest BCUT2D eigenvalue weighted by Gasteiger charge is 2.33. The van der Waals surface area contributed by atoms with E-state index >= 15 is 0 Å². The molecule has 0 saturated carbocycles. The first-order valence-corrected chi connectivity index (χ1v) is 10.9. The van der Waals surface area contributed by atoms with Crippen LogP contribution in [0, 0.1) is 12.4 Å². The lowest BCUT2D eigenvalue weighted by Gasteiger charge is -2.10. The number of alkyl halides is 3. The molecule has 2 N–H and O–H groups in total. The summed E-state index contributed by atoms with van der Waals surface area (Å²) in [5.41, 5.74) is 0.865. The summed E-state index contributed by atoms with van der Waals surface area (Å²) in [6, 6.07) is 12.8. The van der Waals surface area contributed by atoms with Gasteiger partial charge in [0.1, 0.15) is 5.82 Å². The van der Waals surface area contributed by atoms with Crippen LogP contribution in [0.3, 0.4) is 0 Å². The molecule has 7 nitrogen and oxygen atoms in total. The molecule has 37 heavy (non-hydrogen) atoms. The second-order valence-corrected chi connectivity index (χ2v) is 8.15. The number of hydrogen-bond acceptors (Lipinski definition) is 3. The van der Waals surface area contributed by atoms with Crippen LogP contribution in [0.2, 0.25) is 0 Å². The first-order valence-electron chi connectivity index (χ1n) is 10.9. The van der Waals surface area contributed by atoms with Crippen LogP contribution in [0.5, 0.6) is 0 Å². The molecule has 0 saturated heterocycles. The molecule has 0 unspecified atom stereocenters. The molecule has 1 amide bonds. The minimum atomic E-state index is -4.67. The monoisotopic (exact) mass is 504 g/mol. The summed E-state index contributed by atoms with van der Waals surface area (Å²) in [7, 11) is 0. The van der Waals surface area contributed by atoms with Gasteiger partial charge in [0.2, 0.25) is 0 Å². The number of fused-ring (bicyclic) bond motifs is 1. The van der Waals surface area contributed by atoms with Crippen LogP contribution in [0.25, 0.3) is 32.6 Å². The largest absolute Gasteiger partial charge is 0.407 e. The number of aromatic nitrogens is 4. The fourth-order valence-electron chi connectivity index (χ4n) is 3.84. The maximum absolute atomic E-state index is 14.8. The summed E-state index contributed by atoms with van der Waals surface area (Å²) in [6.07, 6.45) is -0.250. The van der Waals surface area contributed by atoms with Gasteiger partial charge in [-0.15, -0.1) is 0 Å². The summed E-state index contributed by atoms with van der Waals surface area (Å²) in [5.74, 6) is -0.952. The van der Waals surface area contributed by atoms with Crippen LogP contribution < -0.4 is 5.32 Å². The Morgan fingerprint density at radius 2 is 1.89 bits per heavy atom. The van der Waals surface area contributed by atoms with E-state index in [1.807, 2.05) is 0 Å². The van der Waals surface area contributed by atoms with Gasteiger partial charge in [-0.2, -0.15) is 23.4 Å². The second-order valence-electron chi connectivity index (χ2n) is 8.15. The van der Waals surface area contributed by atoms with E-state index < -0.39 is 23.2 Å². The molecule has 2 aromatic heterocycles. The molecule has 5 rings (SSSR count). The van der Waals surface area contributed by atoms with Crippen LogP contribution in [0.4, 0.5) is 23.2 Å². The molecular formula is C26H16F4N6O. The van der Waals surface area contributed by atoms with Gasteiger partial charge >= 0.3 is 6.18 Å². The molecule has 0 bridgehead atoms. The van der Waals surface area contributed by atoms with E-state index in [0.717, 1.165) is 23.0 Å². The van der Waals surface area contributed by atoms with E-state index in [2.05, 4.69) is 25.5 Å². The van der Waals surface area contributed by atoms with E-state index in [-0.39, 0.29) is 23.6 Å². The van der Waals surface area contributed by atoms with Crippen LogP contribution in [0.1, 0.15) is 21.5 Å². The topological polar surface area (TPSA) is 80.0 Å². The zero-order chi connectivity index (χ0) is 26.2. The average Bonchev–Trinajstić information content (AvgIpc) is 3.56. The van der Waals surface area contributed by atoms with Gasteiger partial charge in [0, 0.05) is 34.8 Å². The van der Waals surface area contributed by atoms with Gasteiger partial charge in [-0.1, -0.05) is 24.3 Å². The Kier molecular flexibility index (Phi) is 5.93. The Bertz CT molecular complexity index is 1680. The smallest absolute Gasteiger partial charge is 0.348 e. The Labute approximate surface area is 207 Å². The standard InChI is InChI=1S/C26H16F4N6O/c1-31-24-7-3-15(9-21(24)26(28,29)30)19-13-34-36(14-19)20-5-2-17(22(27)10-20)11-32-25(37)16-4-6-23-18(8-16)12-33-35-23/h2-10,12-14H,11H2,(H,32,37)(H,33,35). The van der Waals surface area contributed by atoms with E-state index in [9.17, 15) is 22.4 Å². The number of nitrogens with one attached hydrogen (secondary N) is 2. The molecule has 11 heteroatoms. The molecule has 0 spiro atoms. The predicted octanol–water partition coefficient (Wildman–Crippen LogP) is 6.05. The SMILES string of the molecule is [C-]#[N+]c1ccc(-c2cnn(-c3ccc(CNC(=O)c4ccc5[nH]ncc5c4)c(F)c3)c2)cc1C(F)(F)F. The van der Waals surface area contributed by atoms with Gasteiger partial charge in [-0.25, -0.2) is 13.9 Å². The maximum atomic E-state index is 14.8. The minimum Gasteiger partial charge on any atom is -0.348 e. The van der Waals surface area contributed by atoms with Crippen molar-refractivity contribution in [1.29, 1.82) is 0 Å². The molecule has 0 aliphatic rings. The fraction of sp³-hybridized carbons (Fsp3) is 0.0769. The van der Waals surface area contributed by atoms with Gasteiger partial charge in [0.25, 0.3) is 5.91 Å². The third-order valence-corrected chi connectivity index (χ3v) is 5.78. The Morgan fingerprint density at radius 3 is 2.65 bits per heavy atom. The lowest BCUT2D eigenvalue weighted by Crippen LogP contribution is -2.23. The van der Waals surface area contributed by atoms with Crippen LogP contribution in [0.15, 0.2) is 73.2 Å². The zero-order valence-electron chi connectivity index (χ0n) is 18.8. The van der Waals surface area contributed by atoms with Crippen molar-refractivity contribution in [3.63, 3.8) is 0 Å². The number of benzene rings is 3. The summed E-state index contributed by atoms with van der Waals surface area (Å²) >= 11 is 0. The molecule has 184 valence electrons. The quantitative estimate of drug-likeness (QED) is 0.226. The van der Waals surface area contributed by atoms with Crippen molar-refractivity contribution in [2.24, 2.45) is 0 Å². The Morgan fingerprint density at radius 1 is 1.05 bits per heavy atom. The van der Waals surface area contributed by atoms with E-state index in [4.69, 9.17) is 6.57 Å². The molecule has 5 aromatic rings. The van der Waals surface area contributed by atoms with Gasteiger partial charge in [0.05, 0.1) is 35.7 Å². The van der Waals surface area contributed by atoms with Crippen molar-refractivity contribution in [2.75, 3.05) is 0 Å². The maximum Gasteiger partial charge on any atom is 0.407 e. The highest BCUT2D eigenvalue weighted by molar-refractivity contribution is 5.97. The van der Waals surface area contributed by atoms with Crippen LogP contribution in [-0.4, -0.2) is 25.9 Å². The molecule has 0 fully saturated rings. The fourth-order valence-corrected chi connectivity index (χ4v) is 3.84. The third kappa shape index (κ3) is 4.77. The normalized spacial score (nSPS) is 11.4.